The Morgan fingerprint density at radius 3 is 2.92 bits per heavy atom. The second-order valence-electron chi connectivity index (χ2n) is 3.52. The third-order valence-corrected chi connectivity index (χ3v) is 2.77. The van der Waals surface area contributed by atoms with Crippen molar-refractivity contribution in [2.24, 2.45) is 5.73 Å². The van der Waals surface area contributed by atoms with Crippen molar-refractivity contribution < 1.29 is 0 Å². The van der Waals surface area contributed by atoms with E-state index in [2.05, 4.69) is 16.5 Å². The first-order valence-electron chi connectivity index (χ1n) is 4.54. The Balaban J connectivity index is 2.32. The second kappa shape index (κ2) is 2.59. The number of nitrogens with zero attached hydrogens (tertiary/aromatic N) is 2. The molecular formula is C9H15N3. The Morgan fingerprint density at radius 2 is 2.42 bits per heavy atom. The van der Waals surface area contributed by atoms with Crippen LogP contribution in [0.3, 0.4) is 0 Å². The van der Waals surface area contributed by atoms with Crippen LogP contribution >= 0.6 is 0 Å². The van der Waals surface area contributed by atoms with Crippen LogP contribution in [0.15, 0.2) is 12.4 Å². The van der Waals surface area contributed by atoms with Gasteiger partial charge in [-0.15, -0.1) is 0 Å². The van der Waals surface area contributed by atoms with Crippen LogP contribution in [-0.4, -0.2) is 16.1 Å². The fourth-order valence-corrected chi connectivity index (χ4v) is 1.70. The molecule has 0 radical (unpaired) electrons. The van der Waals surface area contributed by atoms with Crippen LogP contribution in [0.1, 0.15) is 25.6 Å². The molecule has 1 aliphatic rings. The van der Waals surface area contributed by atoms with Crippen molar-refractivity contribution in [3.05, 3.63) is 18.2 Å². The zero-order chi connectivity index (χ0) is 8.60. The quantitative estimate of drug-likeness (QED) is 0.723. The molecule has 66 valence electrons. The number of aromatic nitrogens is 2. The minimum atomic E-state index is 0.236. The van der Waals surface area contributed by atoms with Crippen LogP contribution in [0.5, 0.6) is 0 Å². The van der Waals surface area contributed by atoms with E-state index < -0.39 is 0 Å². The van der Waals surface area contributed by atoms with Gasteiger partial charge in [-0.25, -0.2) is 4.98 Å². The number of nitrogens with two attached hydrogens (primary N) is 1. The van der Waals surface area contributed by atoms with E-state index in [1.807, 2.05) is 12.4 Å². The fourth-order valence-electron chi connectivity index (χ4n) is 1.70. The summed E-state index contributed by atoms with van der Waals surface area (Å²) in [5, 5.41) is 0. The van der Waals surface area contributed by atoms with Gasteiger partial charge in [0.25, 0.3) is 0 Å². The van der Waals surface area contributed by atoms with Crippen LogP contribution in [0.4, 0.5) is 0 Å². The van der Waals surface area contributed by atoms with Crippen molar-refractivity contribution in [2.45, 2.75) is 31.7 Å². The predicted molar refractivity (Wildman–Crippen MR) is 47.9 cm³/mol. The van der Waals surface area contributed by atoms with Gasteiger partial charge < -0.3 is 10.3 Å². The van der Waals surface area contributed by atoms with Gasteiger partial charge in [0.05, 0.1) is 0 Å². The van der Waals surface area contributed by atoms with E-state index in [0.29, 0.717) is 0 Å². The van der Waals surface area contributed by atoms with E-state index in [4.69, 9.17) is 5.73 Å². The summed E-state index contributed by atoms with van der Waals surface area (Å²) < 4.78 is 2.19. The summed E-state index contributed by atoms with van der Waals surface area (Å²) in [5.41, 5.74) is 5.97. The Kier molecular flexibility index (Phi) is 1.68. The van der Waals surface area contributed by atoms with Gasteiger partial charge in [0, 0.05) is 30.9 Å². The molecule has 2 N–H and O–H groups in total. The summed E-state index contributed by atoms with van der Waals surface area (Å²) in [6, 6.07) is 0. The van der Waals surface area contributed by atoms with Gasteiger partial charge in [-0.3, -0.25) is 0 Å². The highest BCUT2D eigenvalue weighted by Gasteiger charge is 2.46. The van der Waals surface area contributed by atoms with Crippen molar-refractivity contribution >= 4 is 0 Å². The molecule has 0 saturated heterocycles. The van der Waals surface area contributed by atoms with E-state index in [-0.39, 0.29) is 5.41 Å². The maximum absolute atomic E-state index is 5.73. The minimum Gasteiger partial charge on any atom is -0.335 e. The molecule has 1 heterocycles. The van der Waals surface area contributed by atoms with Gasteiger partial charge >= 0.3 is 0 Å². The predicted octanol–water partition coefficient (Wildman–Crippen LogP) is 0.893. The first-order chi connectivity index (χ1) is 5.82. The fraction of sp³-hybridized carbons (Fsp3) is 0.667. The van der Waals surface area contributed by atoms with Crippen LogP contribution in [0, 0.1) is 0 Å². The molecule has 1 aromatic heterocycles. The lowest BCUT2D eigenvalue weighted by atomic mass is 10.1. The molecule has 1 saturated carbocycles. The summed E-state index contributed by atoms with van der Waals surface area (Å²) in [6.07, 6.45) is 6.32. The largest absolute Gasteiger partial charge is 0.335 e. The minimum absolute atomic E-state index is 0.236. The smallest absolute Gasteiger partial charge is 0.116 e. The standard InChI is InChI=1S/C9H15N3/c1-2-12-6-5-11-8(12)9(7-10)3-4-9/h5-6H,2-4,7,10H2,1H3. The van der Waals surface area contributed by atoms with Gasteiger partial charge in [-0.1, -0.05) is 0 Å². The SMILES string of the molecule is CCn1ccnc1C1(CN)CC1. The molecule has 3 nitrogen and oxygen atoms in total. The molecule has 3 heteroatoms. The molecule has 2 rings (SSSR count). The highest BCUT2D eigenvalue weighted by molar-refractivity contribution is 5.20. The van der Waals surface area contributed by atoms with E-state index >= 15 is 0 Å². The lowest BCUT2D eigenvalue weighted by Crippen LogP contribution is -2.23. The van der Waals surface area contributed by atoms with Gasteiger partial charge in [0.2, 0.25) is 0 Å². The lowest BCUT2D eigenvalue weighted by Gasteiger charge is -2.13. The zero-order valence-electron chi connectivity index (χ0n) is 7.45. The van der Waals surface area contributed by atoms with Gasteiger partial charge in [-0.05, 0) is 19.8 Å². The molecule has 0 aliphatic heterocycles. The maximum Gasteiger partial charge on any atom is 0.116 e. The molecule has 1 fully saturated rings. The number of rotatable bonds is 3. The normalized spacial score (nSPS) is 19.5. The summed E-state index contributed by atoms with van der Waals surface area (Å²) in [5.74, 6) is 1.19. The lowest BCUT2D eigenvalue weighted by molar-refractivity contribution is 0.585. The van der Waals surface area contributed by atoms with Crippen LogP contribution in [-0.2, 0) is 12.0 Å². The van der Waals surface area contributed by atoms with Crippen molar-refractivity contribution in [1.29, 1.82) is 0 Å². The molecular weight excluding hydrogens is 150 g/mol. The molecule has 0 unspecified atom stereocenters. The monoisotopic (exact) mass is 165 g/mol. The summed E-state index contributed by atoms with van der Waals surface area (Å²) in [6.45, 7) is 3.87. The molecule has 12 heavy (non-hydrogen) atoms. The number of hydrogen-bond donors (Lipinski definition) is 1. The molecule has 1 aromatic rings. The van der Waals surface area contributed by atoms with Crippen LogP contribution in [0.25, 0.3) is 0 Å². The summed E-state index contributed by atoms with van der Waals surface area (Å²) >= 11 is 0. The topological polar surface area (TPSA) is 43.8 Å². The number of imidazole rings is 1. The van der Waals surface area contributed by atoms with Crippen molar-refractivity contribution in [2.75, 3.05) is 6.54 Å². The van der Waals surface area contributed by atoms with Crippen molar-refractivity contribution in [1.82, 2.24) is 9.55 Å². The van der Waals surface area contributed by atoms with Gasteiger partial charge in [-0.2, -0.15) is 0 Å². The van der Waals surface area contributed by atoms with E-state index in [1.54, 1.807) is 0 Å². The van der Waals surface area contributed by atoms with E-state index in [9.17, 15) is 0 Å². The molecule has 0 aromatic carbocycles. The first-order valence-corrected chi connectivity index (χ1v) is 4.54. The van der Waals surface area contributed by atoms with Crippen molar-refractivity contribution in [3.63, 3.8) is 0 Å². The Morgan fingerprint density at radius 1 is 1.67 bits per heavy atom. The maximum atomic E-state index is 5.73. The average Bonchev–Trinajstić information content (AvgIpc) is 2.76. The summed E-state index contributed by atoms with van der Waals surface area (Å²) in [7, 11) is 0. The number of aryl methyl sites for hydroxylation is 1. The summed E-state index contributed by atoms with van der Waals surface area (Å²) in [4.78, 5) is 4.38. The average molecular weight is 165 g/mol. The first kappa shape index (κ1) is 7.80. The molecule has 0 atom stereocenters. The Labute approximate surface area is 72.6 Å². The van der Waals surface area contributed by atoms with Crippen molar-refractivity contribution in [3.8, 4) is 0 Å². The van der Waals surface area contributed by atoms with E-state index in [1.165, 1.54) is 18.7 Å². The van der Waals surface area contributed by atoms with Gasteiger partial charge in [0.1, 0.15) is 5.82 Å². The molecule has 0 amide bonds. The zero-order valence-corrected chi connectivity index (χ0v) is 7.45. The molecule has 0 spiro atoms. The Hall–Kier alpha value is -0.830. The highest BCUT2D eigenvalue weighted by atomic mass is 15.1. The number of hydrogen-bond acceptors (Lipinski definition) is 2. The third-order valence-electron chi connectivity index (χ3n) is 2.77. The molecule has 1 aliphatic carbocycles. The van der Waals surface area contributed by atoms with E-state index in [0.717, 1.165) is 13.1 Å². The van der Waals surface area contributed by atoms with Crippen LogP contribution < -0.4 is 5.73 Å². The Bertz CT molecular complexity index is 273. The van der Waals surface area contributed by atoms with Crippen LogP contribution in [0.2, 0.25) is 0 Å². The highest BCUT2D eigenvalue weighted by Crippen LogP contribution is 2.46. The molecule has 0 bridgehead atoms. The third kappa shape index (κ3) is 0.966. The van der Waals surface area contributed by atoms with Gasteiger partial charge in [0.15, 0.2) is 0 Å². The second-order valence-corrected chi connectivity index (χ2v) is 3.52.